The third-order valence-corrected chi connectivity index (χ3v) is 4.50. The molecular weight excluding hydrogens is 527 g/mol. The van der Waals surface area contributed by atoms with Crippen molar-refractivity contribution in [3.8, 4) is 11.8 Å². The fourth-order valence-electron chi connectivity index (χ4n) is 1.90. The average Bonchev–Trinajstić information content (AvgIpc) is 2.69. The highest BCUT2D eigenvalue weighted by Crippen LogP contribution is 2.18. The monoisotopic (exact) mass is 538 g/mol. The predicted molar refractivity (Wildman–Crippen MR) is 121 cm³/mol. The van der Waals surface area contributed by atoms with Gasteiger partial charge in [-0.2, -0.15) is 0 Å². The average molecular weight is 539 g/mol. The highest BCUT2D eigenvalue weighted by molar-refractivity contribution is 14.1. The minimum atomic E-state index is -0.593. The maximum absolute atomic E-state index is 10.6. The van der Waals surface area contributed by atoms with Crippen LogP contribution in [0.15, 0.2) is 48.8 Å². The summed E-state index contributed by atoms with van der Waals surface area (Å²) < 4.78 is 0.643. The molecule has 4 N–H and O–H groups in total. The Morgan fingerprint density at radius 1 is 0.933 bits per heavy atom. The van der Waals surface area contributed by atoms with Gasteiger partial charge in [0.1, 0.15) is 0 Å². The third kappa shape index (κ3) is 6.54. The van der Waals surface area contributed by atoms with Crippen molar-refractivity contribution in [2.45, 2.75) is 0 Å². The number of hydrogen-bond donors (Lipinski definition) is 2. The largest absolute Gasteiger partial charge is 0.395 e. The number of halogens is 2. The molecule has 0 saturated carbocycles. The van der Waals surface area contributed by atoms with Gasteiger partial charge in [-0.15, -0.1) is 0 Å². The number of benzene rings is 1. The fraction of sp³-hybridized carbons (Fsp3) is 0. The zero-order valence-electron chi connectivity index (χ0n) is 15.0. The quantitative estimate of drug-likeness (QED) is 0.215. The van der Waals surface area contributed by atoms with Crippen LogP contribution in [0.4, 0.5) is 23.0 Å². The maximum atomic E-state index is 10.6. The molecule has 0 bridgehead atoms. The summed E-state index contributed by atoms with van der Waals surface area (Å²) >= 11 is 7.75. The van der Waals surface area contributed by atoms with Crippen LogP contribution in [0.3, 0.4) is 0 Å². The van der Waals surface area contributed by atoms with E-state index < -0.39 is 9.85 Å². The molecule has 3 aromatic rings. The van der Waals surface area contributed by atoms with Crippen molar-refractivity contribution in [2.75, 3.05) is 11.5 Å². The number of nitrogens with two attached hydrogens (primary N) is 2. The minimum Gasteiger partial charge on any atom is -0.395 e. The maximum Gasteiger partial charge on any atom is 0.364 e. The third-order valence-electron chi connectivity index (χ3n) is 3.33. The molecule has 1 aromatic carbocycles. The van der Waals surface area contributed by atoms with Crippen LogP contribution in [0.25, 0.3) is 0 Å². The lowest BCUT2D eigenvalue weighted by atomic mass is 10.2. The number of hydrogen-bond acceptors (Lipinski definition) is 8. The van der Waals surface area contributed by atoms with E-state index in [4.69, 9.17) is 23.1 Å². The van der Waals surface area contributed by atoms with Crippen molar-refractivity contribution in [2.24, 2.45) is 0 Å². The van der Waals surface area contributed by atoms with Crippen LogP contribution < -0.4 is 11.5 Å². The summed E-state index contributed by atoms with van der Waals surface area (Å²) in [7, 11) is 0. The standard InChI is InChI=1S/C13H8ClN3O2.C5H4IN3O2/c14-11-3-1-2-9(6-11)4-5-10-7-13(17(18)19)16-8-12(10)15;6-3-1-5(9(10)11)8-2-4(3)7/h1-3,6-8H,15H2;1-2H,7H2. The Balaban J connectivity index is 0.000000248. The summed E-state index contributed by atoms with van der Waals surface area (Å²) in [5.41, 5.74) is 12.9. The number of pyridine rings is 2. The molecule has 0 radical (unpaired) electrons. The van der Waals surface area contributed by atoms with Crippen molar-refractivity contribution >= 4 is 57.2 Å². The molecule has 3 rings (SSSR count). The molecule has 0 aliphatic heterocycles. The van der Waals surface area contributed by atoms with Gasteiger partial charge in [-0.05, 0) is 60.6 Å². The van der Waals surface area contributed by atoms with E-state index in [2.05, 4.69) is 21.8 Å². The molecule has 0 atom stereocenters. The molecule has 0 aliphatic rings. The first-order chi connectivity index (χ1) is 14.2. The van der Waals surface area contributed by atoms with Gasteiger partial charge in [-0.3, -0.25) is 0 Å². The molecule has 0 spiro atoms. The molecule has 0 fully saturated rings. The van der Waals surface area contributed by atoms with Gasteiger partial charge in [0.25, 0.3) is 0 Å². The van der Waals surface area contributed by atoms with Gasteiger partial charge in [-0.1, -0.05) is 29.5 Å². The van der Waals surface area contributed by atoms with Gasteiger partial charge >= 0.3 is 11.6 Å². The van der Waals surface area contributed by atoms with Crippen LogP contribution in [0.5, 0.6) is 0 Å². The lowest BCUT2D eigenvalue weighted by molar-refractivity contribution is -0.389. The summed E-state index contributed by atoms with van der Waals surface area (Å²) in [6.45, 7) is 0. The van der Waals surface area contributed by atoms with Crippen molar-refractivity contribution in [1.29, 1.82) is 0 Å². The summed E-state index contributed by atoms with van der Waals surface area (Å²) in [6.07, 6.45) is 2.50. The van der Waals surface area contributed by atoms with Gasteiger partial charge < -0.3 is 31.7 Å². The number of nitrogens with zero attached hydrogens (tertiary/aromatic N) is 4. The van der Waals surface area contributed by atoms with E-state index in [1.165, 1.54) is 24.5 Å². The number of nitro groups is 2. The highest BCUT2D eigenvalue weighted by Gasteiger charge is 2.10. The zero-order valence-corrected chi connectivity index (χ0v) is 17.9. The first-order valence-corrected chi connectivity index (χ1v) is 9.36. The predicted octanol–water partition coefficient (Wildman–Crippen LogP) is 3.80. The molecule has 0 unspecified atom stereocenters. The second kappa shape index (κ2) is 10.3. The molecule has 12 heteroatoms. The van der Waals surface area contributed by atoms with E-state index in [0.717, 1.165) is 0 Å². The van der Waals surface area contributed by atoms with Gasteiger partial charge in [0, 0.05) is 14.2 Å². The molecule has 2 heterocycles. The van der Waals surface area contributed by atoms with E-state index in [9.17, 15) is 20.2 Å². The molecule has 0 aliphatic carbocycles. The Labute approximate surface area is 188 Å². The van der Waals surface area contributed by atoms with E-state index in [1.54, 1.807) is 24.3 Å². The van der Waals surface area contributed by atoms with E-state index >= 15 is 0 Å². The molecular formula is C18H12ClIN6O4. The number of aromatic nitrogens is 2. The van der Waals surface area contributed by atoms with Gasteiger partial charge in [0.2, 0.25) is 0 Å². The molecule has 2 aromatic heterocycles. The zero-order chi connectivity index (χ0) is 22.3. The number of nitrogen functional groups attached to an aromatic ring is 2. The van der Waals surface area contributed by atoms with Crippen molar-refractivity contribution < 1.29 is 9.85 Å². The SMILES string of the molecule is Nc1cnc([N+](=O)[O-])cc1C#Cc1cccc(Cl)c1.Nc1cnc([N+](=O)[O-])cc1I. The summed E-state index contributed by atoms with van der Waals surface area (Å²) in [4.78, 5) is 26.7. The highest BCUT2D eigenvalue weighted by atomic mass is 127. The second-order valence-corrected chi connectivity index (χ2v) is 7.07. The Bertz CT molecular complexity index is 1180. The van der Waals surface area contributed by atoms with Crippen molar-refractivity contribution in [1.82, 2.24) is 9.97 Å². The number of rotatable bonds is 2. The Morgan fingerprint density at radius 3 is 2.10 bits per heavy atom. The smallest absolute Gasteiger partial charge is 0.364 e. The van der Waals surface area contributed by atoms with Crippen molar-refractivity contribution in [3.05, 3.63) is 88.7 Å². The molecule has 30 heavy (non-hydrogen) atoms. The van der Waals surface area contributed by atoms with Crippen LogP contribution in [0, 0.1) is 35.6 Å². The first-order valence-electron chi connectivity index (χ1n) is 7.90. The topological polar surface area (TPSA) is 164 Å². The van der Waals surface area contributed by atoms with Gasteiger partial charge in [0.15, 0.2) is 12.4 Å². The lowest BCUT2D eigenvalue weighted by Gasteiger charge is -1.96. The summed E-state index contributed by atoms with van der Waals surface area (Å²) in [5, 5.41) is 21.4. The molecule has 0 amide bonds. The van der Waals surface area contributed by atoms with Crippen molar-refractivity contribution in [3.63, 3.8) is 0 Å². The van der Waals surface area contributed by atoms with E-state index in [-0.39, 0.29) is 11.6 Å². The second-order valence-electron chi connectivity index (χ2n) is 5.47. The molecule has 10 nitrogen and oxygen atoms in total. The number of anilines is 2. The van der Waals surface area contributed by atoms with Crippen LogP contribution >= 0.6 is 34.2 Å². The summed E-state index contributed by atoms with van der Waals surface area (Å²) in [5.74, 6) is 5.15. The lowest BCUT2D eigenvalue weighted by Crippen LogP contribution is -1.97. The molecule has 0 saturated heterocycles. The Hall–Kier alpha value is -3.50. The normalized spacial score (nSPS) is 9.53. The fourth-order valence-corrected chi connectivity index (χ4v) is 2.51. The van der Waals surface area contributed by atoms with Crippen LogP contribution in [-0.4, -0.2) is 19.8 Å². The van der Waals surface area contributed by atoms with E-state index in [0.29, 0.717) is 31.1 Å². The van der Waals surface area contributed by atoms with Crippen LogP contribution in [0.2, 0.25) is 5.02 Å². The Kier molecular flexibility index (Phi) is 7.84. The minimum absolute atomic E-state index is 0.177. The Morgan fingerprint density at radius 2 is 1.53 bits per heavy atom. The molecule has 152 valence electrons. The van der Waals surface area contributed by atoms with Crippen LogP contribution in [-0.2, 0) is 0 Å². The summed E-state index contributed by atoms with van der Waals surface area (Å²) in [6, 6.07) is 9.55. The first kappa shape index (κ1) is 22.8. The van der Waals surface area contributed by atoms with Gasteiger partial charge in [-0.25, -0.2) is 0 Å². The van der Waals surface area contributed by atoms with E-state index in [1.807, 2.05) is 22.6 Å². The van der Waals surface area contributed by atoms with Crippen LogP contribution in [0.1, 0.15) is 11.1 Å². The van der Waals surface area contributed by atoms with Gasteiger partial charge in [0.05, 0.1) is 29.1 Å².